The van der Waals surface area contributed by atoms with E-state index in [0.29, 0.717) is 31.4 Å². The molecule has 0 radical (unpaired) electrons. The van der Waals surface area contributed by atoms with Crippen LogP contribution >= 0.6 is 0 Å². The Morgan fingerprint density at radius 2 is 2.13 bits per heavy atom. The van der Waals surface area contributed by atoms with Gasteiger partial charge in [-0.3, -0.25) is 4.79 Å². The minimum absolute atomic E-state index is 0.164. The summed E-state index contributed by atoms with van der Waals surface area (Å²) in [7, 11) is 1.77. The topological polar surface area (TPSA) is 80.2 Å². The van der Waals surface area contributed by atoms with E-state index in [1.54, 1.807) is 25.9 Å². The van der Waals surface area contributed by atoms with Gasteiger partial charge in [-0.05, 0) is 26.0 Å². The zero-order valence-electron chi connectivity index (χ0n) is 13.9. The van der Waals surface area contributed by atoms with Crippen LogP contribution < -0.4 is 9.91 Å². The number of carbonyl (C=O) groups is 1. The molecule has 1 aromatic heterocycles. The molecule has 0 atom stereocenters. The molecule has 8 heteroatoms. The van der Waals surface area contributed by atoms with Gasteiger partial charge in [0.2, 0.25) is 0 Å². The van der Waals surface area contributed by atoms with Crippen LogP contribution in [0.15, 0.2) is 17.2 Å². The summed E-state index contributed by atoms with van der Waals surface area (Å²) in [6.07, 6.45) is 0.164. The van der Waals surface area contributed by atoms with Crippen LogP contribution in [0.2, 0.25) is 0 Å². The molecule has 0 N–H and O–H groups in total. The molecular formula is C15H23N5O3. The maximum Gasteiger partial charge on any atom is 0.311 e. The molecule has 2 rings (SSSR count). The van der Waals surface area contributed by atoms with E-state index in [9.17, 15) is 4.79 Å². The summed E-state index contributed by atoms with van der Waals surface area (Å²) in [5, 5.41) is 14.4. The van der Waals surface area contributed by atoms with E-state index in [1.165, 1.54) is 0 Å². The highest BCUT2D eigenvalue weighted by atomic mass is 16.5. The second-order valence-corrected chi connectivity index (χ2v) is 5.19. The number of nitrogens with zero attached hydrogens (tertiary/aromatic N) is 5. The first kappa shape index (κ1) is 17.1. The second kappa shape index (κ2) is 8.42. The van der Waals surface area contributed by atoms with Crippen LogP contribution in [0.4, 0.5) is 11.6 Å². The molecule has 2 heterocycles. The Kier molecular flexibility index (Phi) is 6.28. The number of hydrogen-bond donors (Lipinski definition) is 0. The first-order valence-corrected chi connectivity index (χ1v) is 7.70. The maximum absolute atomic E-state index is 11.4. The Balaban J connectivity index is 1.96. The van der Waals surface area contributed by atoms with Crippen molar-refractivity contribution < 1.29 is 14.3 Å². The molecule has 1 aromatic rings. The molecule has 23 heavy (non-hydrogen) atoms. The summed E-state index contributed by atoms with van der Waals surface area (Å²) < 4.78 is 10.2. The monoisotopic (exact) mass is 321 g/mol. The summed E-state index contributed by atoms with van der Waals surface area (Å²) in [6.45, 7) is 6.99. The van der Waals surface area contributed by atoms with E-state index >= 15 is 0 Å². The molecule has 0 spiro atoms. The van der Waals surface area contributed by atoms with Crippen molar-refractivity contribution in [3.8, 4) is 0 Å². The predicted molar refractivity (Wildman–Crippen MR) is 87.8 cm³/mol. The van der Waals surface area contributed by atoms with Gasteiger partial charge in [0.05, 0.1) is 26.2 Å². The molecule has 1 saturated heterocycles. The average molecular weight is 321 g/mol. The van der Waals surface area contributed by atoms with Crippen molar-refractivity contribution in [3.63, 3.8) is 0 Å². The molecule has 0 aromatic carbocycles. The SMILES string of the molecule is CCOC(=O)C/C(C)=N\N(C)c1ccc(N2CCOCC2)nn1. The minimum Gasteiger partial charge on any atom is -0.466 e. The highest BCUT2D eigenvalue weighted by Crippen LogP contribution is 2.15. The smallest absolute Gasteiger partial charge is 0.311 e. The van der Waals surface area contributed by atoms with Gasteiger partial charge < -0.3 is 14.4 Å². The van der Waals surface area contributed by atoms with E-state index in [1.807, 2.05) is 12.1 Å². The van der Waals surface area contributed by atoms with Gasteiger partial charge in [0.1, 0.15) is 0 Å². The Bertz CT molecular complexity index is 541. The lowest BCUT2D eigenvalue weighted by Gasteiger charge is -2.27. The average Bonchev–Trinajstić information content (AvgIpc) is 2.56. The van der Waals surface area contributed by atoms with Crippen LogP contribution in [-0.2, 0) is 14.3 Å². The highest BCUT2D eigenvalue weighted by molar-refractivity contribution is 5.97. The summed E-state index contributed by atoms with van der Waals surface area (Å²) in [6, 6.07) is 3.78. The summed E-state index contributed by atoms with van der Waals surface area (Å²) in [4.78, 5) is 13.6. The molecule has 0 amide bonds. The van der Waals surface area contributed by atoms with Crippen LogP contribution in [-0.4, -0.2) is 61.8 Å². The summed E-state index contributed by atoms with van der Waals surface area (Å²) >= 11 is 0. The largest absolute Gasteiger partial charge is 0.466 e. The van der Waals surface area contributed by atoms with Crippen molar-refractivity contribution in [1.29, 1.82) is 0 Å². The number of carbonyl (C=O) groups excluding carboxylic acids is 1. The van der Waals surface area contributed by atoms with Crippen molar-refractivity contribution >= 4 is 23.3 Å². The van der Waals surface area contributed by atoms with E-state index in [2.05, 4.69) is 20.2 Å². The van der Waals surface area contributed by atoms with Gasteiger partial charge in [-0.1, -0.05) is 0 Å². The predicted octanol–water partition coefficient (Wildman–Crippen LogP) is 1.08. The quantitative estimate of drug-likeness (QED) is 0.440. The molecule has 0 unspecified atom stereocenters. The van der Waals surface area contributed by atoms with Crippen LogP contribution in [0, 0.1) is 0 Å². The van der Waals surface area contributed by atoms with Crippen molar-refractivity contribution in [1.82, 2.24) is 10.2 Å². The van der Waals surface area contributed by atoms with Gasteiger partial charge in [-0.15, -0.1) is 10.2 Å². The third-order valence-corrected chi connectivity index (χ3v) is 3.33. The number of aromatic nitrogens is 2. The first-order chi connectivity index (χ1) is 11.1. The zero-order chi connectivity index (χ0) is 16.7. The number of hydrazone groups is 1. The standard InChI is InChI=1S/C15H23N5O3/c1-4-23-15(21)11-12(2)18-19(3)13-5-6-14(17-16-13)20-7-9-22-10-8-20/h5-6H,4,7-11H2,1-3H3/b18-12-. The van der Waals surface area contributed by atoms with Gasteiger partial charge in [-0.2, -0.15) is 5.10 Å². The lowest BCUT2D eigenvalue weighted by molar-refractivity contribution is -0.141. The third kappa shape index (κ3) is 5.17. The highest BCUT2D eigenvalue weighted by Gasteiger charge is 2.13. The molecule has 0 aliphatic carbocycles. The van der Waals surface area contributed by atoms with Crippen molar-refractivity contribution in [3.05, 3.63) is 12.1 Å². The van der Waals surface area contributed by atoms with Gasteiger partial charge in [0, 0.05) is 25.8 Å². The molecule has 1 aliphatic heterocycles. The van der Waals surface area contributed by atoms with Crippen molar-refractivity contribution in [2.75, 3.05) is 49.9 Å². The third-order valence-electron chi connectivity index (χ3n) is 3.33. The number of rotatable bonds is 6. The van der Waals surface area contributed by atoms with Crippen molar-refractivity contribution in [2.45, 2.75) is 20.3 Å². The van der Waals surface area contributed by atoms with E-state index < -0.39 is 0 Å². The zero-order valence-corrected chi connectivity index (χ0v) is 13.9. The van der Waals surface area contributed by atoms with Gasteiger partial charge in [0.25, 0.3) is 0 Å². The fourth-order valence-electron chi connectivity index (χ4n) is 2.22. The second-order valence-electron chi connectivity index (χ2n) is 5.19. The lowest BCUT2D eigenvalue weighted by atomic mass is 10.3. The molecule has 1 aliphatic rings. The Morgan fingerprint density at radius 3 is 2.74 bits per heavy atom. The fraction of sp³-hybridized carbons (Fsp3) is 0.600. The van der Waals surface area contributed by atoms with Crippen LogP contribution in [0.3, 0.4) is 0 Å². The van der Waals surface area contributed by atoms with Crippen LogP contribution in [0.1, 0.15) is 20.3 Å². The van der Waals surface area contributed by atoms with E-state index in [0.717, 1.165) is 18.9 Å². The number of morpholine rings is 1. The first-order valence-electron chi connectivity index (χ1n) is 7.70. The molecule has 126 valence electrons. The number of esters is 1. The van der Waals surface area contributed by atoms with Gasteiger partial charge in [0.15, 0.2) is 11.6 Å². The molecule has 0 bridgehead atoms. The molecule has 8 nitrogen and oxygen atoms in total. The van der Waals surface area contributed by atoms with Crippen LogP contribution in [0.5, 0.6) is 0 Å². The van der Waals surface area contributed by atoms with Gasteiger partial charge in [-0.25, -0.2) is 5.01 Å². The lowest BCUT2D eigenvalue weighted by Crippen LogP contribution is -2.36. The number of hydrogen-bond acceptors (Lipinski definition) is 8. The molecule has 1 fully saturated rings. The molecular weight excluding hydrogens is 298 g/mol. The number of anilines is 2. The Hall–Kier alpha value is -2.22. The van der Waals surface area contributed by atoms with E-state index in [4.69, 9.17) is 9.47 Å². The molecule has 0 saturated carbocycles. The van der Waals surface area contributed by atoms with E-state index in [-0.39, 0.29) is 12.4 Å². The Morgan fingerprint density at radius 1 is 1.39 bits per heavy atom. The van der Waals surface area contributed by atoms with Gasteiger partial charge >= 0.3 is 5.97 Å². The fourth-order valence-corrected chi connectivity index (χ4v) is 2.22. The van der Waals surface area contributed by atoms with Crippen LogP contribution in [0.25, 0.3) is 0 Å². The minimum atomic E-state index is -0.282. The van der Waals surface area contributed by atoms with Crippen molar-refractivity contribution in [2.24, 2.45) is 5.10 Å². The maximum atomic E-state index is 11.4. The summed E-state index contributed by atoms with van der Waals surface area (Å²) in [5.41, 5.74) is 0.657. The Labute approximate surface area is 136 Å². The number of ether oxygens (including phenoxy) is 2. The normalized spacial score (nSPS) is 15.4. The summed E-state index contributed by atoms with van der Waals surface area (Å²) in [5.74, 6) is 1.17.